The van der Waals surface area contributed by atoms with Gasteiger partial charge in [-0.25, -0.2) is 0 Å². The quantitative estimate of drug-likeness (QED) is 0.679. The largest absolute Gasteiger partial charge is 0.416 e. The highest BCUT2D eigenvalue weighted by atomic mass is 32.1. The van der Waals surface area contributed by atoms with Crippen molar-refractivity contribution in [1.29, 1.82) is 0 Å². The van der Waals surface area contributed by atoms with Crippen molar-refractivity contribution < 1.29 is 13.2 Å². The summed E-state index contributed by atoms with van der Waals surface area (Å²) in [5, 5.41) is 6.36. The van der Waals surface area contributed by atoms with Crippen molar-refractivity contribution >= 4 is 23.0 Å². The highest BCUT2D eigenvalue weighted by Gasteiger charge is 2.30. The van der Waals surface area contributed by atoms with Crippen LogP contribution >= 0.6 is 12.2 Å². The summed E-state index contributed by atoms with van der Waals surface area (Å²) in [5.74, 6) is 0.252. The van der Waals surface area contributed by atoms with Crippen molar-refractivity contribution in [2.45, 2.75) is 33.0 Å². The van der Waals surface area contributed by atoms with Crippen LogP contribution in [0.3, 0.4) is 0 Å². The summed E-state index contributed by atoms with van der Waals surface area (Å²) in [6.07, 6.45) is -4.38. The molecule has 0 saturated heterocycles. The molecule has 0 aromatic heterocycles. The summed E-state index contributed by atoms with van der Waals surface area (Å²) in [4.78, 5) is 0. The van der Waals surface area contributed by atoms with Gasteiger partial charge >= 0.3 is 6.18 Å². The summed E-state index contributed by atoms with van der Waals surface area (Å²) in [5.41, 5.74) is 1.85. The molecule has 2 nitrogen and oxygen atoms in total. The van der Waals surface area contributed by atoms with Gasteiger partial charge in [-0.05, 0) is 54.4 Å². The van der Waals surface area contributed by atoms with Crippen molar-refractivity contribution in [2.75, 3.05) is 5.32 Å². The minimum absolute atomic E-state index is 0.0352. The van der Waals surface area contributed by atoms with Gasteiger partial charge in [0.2, 0.25) is 0 Å². The number of thiocarbonyl (C=S) groups is 1. The van der Waals surface area contributed by atoms with Gasteiger partial charge in [0.25, 0.3) is 0 Å². The van der Waals surface area contributed by atoms with Gasteiger partial charge in [0.05, 0.1) is 11.6 Å². The maximum Gasteiger partial charge on any atom is 0.416 e. The van der Waals surface area contributed by atoms with E-state index in [9.17, 15) is 13.2 Å². The number of hydrogen-bond acceptors (Lipinski definition) is 1. The molecule has 0 aliphatic heterocycles. The lowest BCUT2D eigenvalue weighted by Gasteiger charge is -2.26. The van der Waals surface area contributed by atoms with Crippen LogP contribution in [-0.4, -0.2) is 5.11 Å². The van der Waals surface area contributed by atoms with Crippen LogP contribution in [0.2, 0.25) is 0 Å². The molecule has 0 spiro atoms. The maximum atomic E-state index is 12.8. The lowest BCUT2D eigenvalue weighted by Crippen LogP contribution is -2.35. The highest BCUT2D eigenvalue weighted by Crippen LogP contribution is 2.31. The fourth-order valence-corrected chi connectivity index (χ4v) is 2.87. The van der Waals surface area contributed by atoms with Gasteiger partial charge in [0.1, 0.15) is 0 Å². The lowest BCUT2D eigenvalue weighted by molar-refractivity contribution is -0.137. The first-order chi connectivity index (χ1) is 11.7. The van der Waals surface area contributed by atoms with E-state index in [1.165, 1.54) is 6.07 Å². The van der Waals surface area contributed by atoms with Gasteiger partial charge in [-0.2, -0.15) is 13.2 Å². The number of rotatable bonds is 4. The number of hydrogen-bond donors (Lipinski definition) is 2. The fraction of sp³-hybridized carbons (Fsp3) is 0.316. The summed E-state index contributed by atoms with van der Waals surface area (Å²) < 4.78 is 38.4. The normalized spacial score (nSPS) is 12.8. The molecule has 0 radical (unpaired) electrons. The molecule has 0 unspecified atom stereocenters. The molecule has 0 aliphatic rings. The van der Waals surface area contributed by atoms with E-state index >= 15 is 0 Å². The predicted octanol–water partition coefficient (Wildman–Crippen LogP) is 5.70. The van der Waals surface area contributed by atoms with Gasteiger partial charge in [-0.3, -0.25) is 0 Å². The van der Waals surface area contributed by atoms with E-state index in [4.69, 9.17) is 12.2 Å². The minimum Gasteiger partial charge on any atom is -0.355 e. The van der Waals surface area contributed by atoms with E-state index in [2.05, 4.69) is 24.5 Å². The number of alkyl halides is 3. The number of anilines is 1. The number of halogens is 3. The second-order valence-electron chi connectivity index (χ2n) is 6.26. The Hall–Kier alpha value is -2.08. The molecule has 2 aromatic rings. The Bertz CT molecular complexity index is 741. The highest BCUT2D eigenvalue weighted by molar-refractivity contribution is 7.80. The van der Waals surface area contributed by atoms with Crippen molar-refractivity contribution in [3.05, 3.63) is 65.2 Å². The van der Waals surface area contributed by atoms with Crippen molar-refractivity contribution in [3.63, 3.8) is 0 Å². The van der Waals surface area contributed by atoms with Gasteiger partial charge in [-0.1, -0.05) is 44.2 Å². The molecule has 0 fully saturated rings. The molecule has 6 heteroatoms. The van der Waals surface area contributed by atoms with Crippen molar-refractivity contribution in [1.82, 2.24) is 5.32 Å². The van der Waals surface area contributed by atoms with E-state index < -0.39 is 11.7 Å². The summed E-state index contributed by atoms with van der Waals surface area (Å²) >= 11 is 5.31. The monoisotopic (exact) mass is 366 g/mol. The first kappa shape index (κ1) is 19.2. The zero-order valence-electron chi connectivity index (χ0n) is 14.3. The number of aryl methyl sites for hydroxylation is 1. The zero-order chi connectivity index (χ0) is 18.6. The molecule has 0 amide bonds. The average Bonchev–Trinajstić information content (AvgIpc) is 2.52. The lowest BCUT2D eigenvalue weighted by atomic mass is 9.93. The van der Waals surface area contributed by atoms with Gasteiger partial charge in [-0.15, -0.1) is 0 Å². The van der Waals surface area contributed by atoms with Gasteiger partial charge in [0, 0.05) is 5.69 Å². The molecule has 2 aromatic carbocycles. The number of benzene rings is 2. The third kappa shape index (κ3) is 5.19. The Morgan fingerprint density at radius 2 is 1.72 bits per heavy atom. The molecular formula is C19H21F3N2S. The molecular weight excluding hydrogens is 345 g/mol. The van der Waals surface area contributed by atoms with Gasteiger partial charge < -0.3 is 10.6 Å². The number of nitrogens with one attached hydrogen (secondary N) is 2. The van der Waals surface area contributed by atoms with Crippen LogP contribution in [-0.2, 0) is 6.18 Å². The molecule has 0 heterocycles. The van der Waals surface area contributed by atoms with Crippen LogP contribution < -0.4 is 10.6 Å². The first-order valence-corrected chi connectivity index (χ1v) is 8.39. The van der Waals surface area contributed by atoms with E-state index in [0.717, 1.165) is 23.3 Å². The Morgan fingerprint density at radius 3 is 2.32 bits per heavy atom. The molecule has 1 atom stereocenters. The molecule has 25 heavy (non-hydrogen) atoms. The SMILES string of the molecule is Cc1ccccc1[C@H](NC(=S)Nc1cccc(C(F)(F)F)c1)C(C)C. The van der Waals surface area contributed by atoms with Crippen LogP contribution in [0.15, 0.2) is 48.5 Å². The second kappa shape index (κ2) is 7.87. The predicted molar refractivity (Wildman–Crippen MR) is 99.6 cm³/mol. The molecule has 2 N–H and O–H groups in total. The van der Waals surface area contributed by atoms with Crippen LogP contribution in [0.1, 0.15) is 36.6 Å². The summed E-state index contributed by atoms with van der Waals surface area (Å²) in [6.45, 7) is 6.16. The van der Waals surface area contributed by atoms with E-state index in [1.807, 2.05) is 31.2 Å². The molecule has 2 rings (SSSR count). The van der Waals surface area contributed by atoms with Crippen molar-refractivity contribution in [2.24, 2.45) is 5.92 Å². The molecule has 134 valence electrons. The molecule has 0 bridgehead atoms. The zero-order valence-corrected chi connectivity index (χ0v) is 15.1. The minimum atomic E-state index is -4.38. The molecule has 0 saturated carbocycles. The summed E-state index contributed by atoms with van der Waals surface area (Å²) in [7, 11) is 0. The Labute approximate surface area is 151 Å². The second-order valence-corrected chi connectivity index (χ2v) is 6.66. The van der Waals surface area contributed by atoms with E-state index in [0.29, 0.717) is 10.8 Å². The molecule has 0 aliphatic carbocycles. The van der Waals surface area contributed by atoms with E-state index in [1.54, 1.807) is 6.07 Å². The maximum absolute atomic E-state index is 12.8. The standard InChI is InChI=1S/C19H21F3N2S/c1-12(2)17(16-10-5-4-7-13(16)3)24-18(25)23-15-9-6-8-14(11-15)19(20,21)22/h4-12,17H,1-3H3,(H2,23,24,25)/t17-/m1/s1. The third-order valence-electron chi connectivity index (χ3n) is 3.92. The average molecular weight is 366 g/mol. The van der Waals surface area contributed by atoms with Crippen LogP contribution in [0.4, 0.5) is 18.9 Å². The van der Waals surface area contributed by atoms with Crippen molar-refractivity contribution in [3.8, 4) is 0 Å². The topological polar surface area (TPSA) is 24.1 Å². The first-order valence-electron chi connectivity index (χ1n) is 7.99. The fourth-order valence-electron chi connectivity index (χ4n) is 2.62. The van der Waals surface area contributed by atoms with E-state index in [-0.39, 0.29) is 12.0 Å². The van der Waals surface area contributed by atoms with Crippen LogP contribution in [0, 0.1) is 12.8 Å². The Kier molecular flexibility index (Phi) is 6.06. The van der Waals surface area contributed by atoms with Crippen LogP contribution in [0.5, 0.6) is 0 Å². The third-order valence-corrected chi connectivity index (χ3v) is 4.14. The Morgan fingerprint density at radius 1 is 1.04 bits per heavy atom. The summed E-state index contributed by atoms with van der Waals surface area (Å²) in [6, 6.07) is 12.9. The van der Waals surface area contributed by atoms with Crippen LogP contribution in [0.25, 0.3) is 0 Å². The smallest absolute Gasteiger partial charge is 0.355 e. The Balaban J connectivity index is 2.14. The van der Waals surface area contributed by atoms with Gasteiger partial charge in [0.15, 0.2) is 5.11 Å².